The van der Waals surface area contributed by atoms with Crippen LogP contribution >= 0.6 is 31.9 Å². The molecule has 0 saturated heterocycles. The molecule has 6 nitrogen and oxygen atoms in total. The number of carbonyl (C=O) groups is 3. The molecule has 0 bridgehead atoms. The molecule has 0 radical (unpaired) electrons. The molecule has 3 N–H and O–H groups in total. The zero-order valence-corrected chi connectivity index (χ0v) is 14.3. The van der Waals surface area contributed by atoms with Gasteiger partial charge in [-0.15, -0.1) is 0 Å². The smallest absolute Gasteiger partial charge is 0.331 e. The first kappa shape index (κ1) is 17.4. The number of anilines is 1. The van der Waals surface area contributed by atoms with Crippen molar-refractivity contribution in [2.75, 3.05) is 5.32 Å². The highest BCUT2D eigenvalue weighted by molar-refractivity contribution is 9.11. The molecule has 21 heavy (non-hydrogen) atoms. The van der Waals surface area contributed by atoms with Gasteiger partial charge < -0.3 is 10.4 Å². The van der Waals surface area contributed by atoms with Gasteiger partial charge in [-0.3, -0.25) is 10.1 Å². The number of imide groups is 1. The monoisotopic (exact) mass is 418 g/mol. The minimum absolute atomic E-state index is 0.0362. The predicted octanol–water partition coefficient (Wildman–Crippen LogP) is 3.28. The second-order valence-electron chi connectivity index (χ2n) is 4.09. The lowest BCUT2D eigenvalue weighted by Crippen LogP contribution is -2.35. The van der Waals surface area contributed by atoms with Crippen molar-refractivity contribution >= 4 is 55.5 Å². The van der Waals surface area contributed by atoms with Gasteiger partial charge in [0.1, 0.15) is 0 Å². The second-order valence-corrected chi connectivity index (χ2v) is 5.86. The Kier molecular flexibility index (Phi) is 6.10. The van der Waals surface area contributed by atoms with E-state index in [1.165, 1.54) is 13.8 Å². The number of halogens is 2. The second kappa shape index (κ2) is 7.37. The number of carboxylic acid groups (broad SMARTS) is 1. The fraction of sp³-hybridized carbons (Fsp3) is 0.154. The summed E-state index contributed by atoms with van der Waals surface area (Å²) in [6.07, 6.45) is 0. The van der Waals surface area contributed by atoms with Crippen LogP contribution in [0.5, 0.6) is 0 Å². The molecular weight excluding hydrogens is 408 g/mol. The Bertz CT molecular complexity index is 641. The molecule has 0 fully saturated rings. The average Bonchev–Trinajstić information content (AvgIpc) is 2.40. The zero-order valence-electron chi connectivity index (χ0n) is 11.2. The number of rotatable bonds is 3. The molecule has 0 spiro atoms. The Morgan fingerprint density at radius 3 is 2.29 bits per heavy atom. The van der Waals surface area contributed by atoms with Crippen molar-refractivity contribution in [1.29, 1.82) is 0 Å². The Hall–Kier alpha value is -1.67. The molecule has 0 atom stereocenters. The molecule has 0 aromatic heterocycles. The lowest BCUT2D eigenvalue weighted by atomic mass is 10.1. The Morgan fingerprint density at radius 1 is 1.10 bits per heavy atom. The van der Waals surface area contributed by atoms with Gasteiger partial charge in [0.15, 0.2) is 0 Å². The van der Waals surface area contributed by atoms with Crippen molar-refractivity contribution < 1.29 is 19.5 Å². The van der Waals surface area contributed by atoms with Gasteiger partial charge in [0, 0.05) is 20.1 Å². The number of hydrogen-bond acceptors (Lipinski definition) is 3. The van der Waals surface area contributed by atoms with Crippen molar-refractivity contribution in [2.45, 2.75) is 13.8 Å². The highest BCUT2D eigenvalue weighted by atomic mass is 79.9. The first-order valence-electron chi connectivity index (χ1n) is 5.70. The van der Waals surface area contributed by atoms with Gasteiger partial charge >= 0.3 is 12.0 Å². The van der Waals surface area contributed by atoms with E-state index >= 15 is 0 Å². The lowest BCUT2D eigenvalue weighted by Gasteiger charge is -2.09. The van der Waals surface area contributed by atoms with Crippen molar-refractivity contribution in [3.05, 3.63) is 38.3 Å². The largest absolute Gasteiger partial charge is 0.478 e. The van der Waals surface area contributed by atoms with Gasteiger partial charge in [0.05, 0.1) is 5.69 Å². The molecule has 112 valence electrons. The van der Waals surface area contributed by atoms with Crippen LogP contribution < -0.4 is 10.6 Å². The van der Waals surface area contributed by atoms with Gasteiger partial charge in [0.2, 0.25) is 0 Å². The molecule has 0 aliphatic carbocycles. The highest BCUT2D eigenvalue weighted by Crippen LogP contribution is 2.25. The molecule has 0 aliphatic heterocycles. The number of benzene rings is 1. The third-order valence-electron chi connectivity index (χ3n) is 2.63. The molecule has 0 unspecified atom stereocenters. The lowest BCUT2D eigenvalue weighted by molar-refractivity contribution is -0.133. The third kappa shape index (κ3) is 4.98. The van der Waals surface area contributed by atoms with E-state index in [4.69, 9.17) is 5.11 Å². The van der Waals surface area contributed by atoms with E-state index in [0.29, 0.717) is 10.2 Å². The van der Waals surface area contributed by atoms with Gasteiger partial charge in [-0.2, -0.15) is 0 Å². The van der Waals surface area contributed by atoms with Crippen LogP contribution in [0.15, 0.2) is 38.3 Å². The van der Waals surface area contributed by atoms with E-state index in [1.807, 2.05) is 0 Å². The van der Waals surface area contributed by atoms with E-state index in [2.05, 4.69) is 42.5 Å². The third-order valence-corrected chi connectivity index (χ3v) is 3.81. The topological polar surface area (TPSA) is 95.5 Å². The van der Waals surface area contributed by atoms with E-state index in [1.54, 1.807) is 18.2 Å². The van der Waals surface area contributed by atoms with Crippen LogP contribution in [-0.2, 0) is 9.59 Å². The maximum Gasteiger partial charge on any atom is 0.331 e. The van der Waals surface area contributed by atoms with Crippen LogP contribution in [0.1, 0.15) is 13.8 Å². The minimum atomic E-state index is -1.21. The molecule has 1 aromatic carbocycles. The summed E-state index contributed by atoms with van der Waals surface area (Å²) in [5.41, 5.74) is 0.307. The van der Waals surface area contributed by atoms with Gasteiger partial charge in [-0.1, -0.05) is 15.9 Å². The zero-order chi connectivity index (χ0) is 16.2. The SMILES string of the molecule is CC(C(=O)O)=C(C)C(=O)NC(=O)Nc1cc(Br)ccc1Br. The molecule has 1 aromatic rings. The summed E-state index contributed by atoms with van der Waals surface area (Å²) in [6, 6.07) is 4.40. The predicted molar refractivity (Wildman–Crippen MR) is 85.0 cm³/mol. The first-order chi connectivity index (χ1) is 9.72. The number of aliphatic carboxylic acids is 1. The molecule has 0 saturated carbocycles. The summed E-state index contributed by atoms with van der Waals surface area (Å²) in [5, 5.41) is 13.3. The number of nitrogens with one attached hydrogen (secondary N) is 2. The quantitative estimate of drug-likeness (QED) is 0.655. The van der Waals surface area contributed by atoms with Crippen molar-refractivity contribution in [1.82, 2.24) is 5.32 Å². The van der Waals surface area contributed by atoms with Crippen LogP contribution in [0, 0.1) is 0 Å². The standard InChI is InChI=1S/C13H12Br2N2O4/c1-6(7(2)12(19)20)11(18)17-13(21)16-10-5-8(14)3-4-9(10)15/h3-5H,1-2H3,(H,19,20)(H2,16,17,18,21). The molecule has 1 rings (SSSR count). The Morgan fingerprint density at radius 2 is 1.71 bits per heavy atom. The maximum absolute atomic E-state index is 11.7. The van der Waals surface area contributed by atoms with Gasteiger partial charge in [-0.05, 0) is 48.0 Å². The molecule has 0 heterocycles. The van der Waals surface area contributed by atoms with Crippen LogP contribution in [0.25, 0.3) is 0 Å². The molecular formula is C13H12Br2N2O4. The first-order valence-corrected chi connectivity index (χ1v) is 7.29. The molecule has 0 aliphatic rings. The number of hydrogen-bond donors (Lipinski definition) is 3. The van der Waals surface area contributed by atoms with Crippen LogP contribution in [0.3, 0.4) is 0 Å². The highest BCUT2D eigenvalue weighted by Gasteiger charge is 2.15. The Balaban J connectivity index is 2.79. The maximum atomic E-state index is 11.7. The van der Waals surface area contributed by atoms with Crippen molar-refractivity contribution in [2.24, 2.45) is 0 Å². The summed E-state index contributed by atoms with van der Waals surface area (Å²) >= 11 is 6.52. The van der Waals surface area contributed by atoms with Crippen molar-refractivity contribution in [3.8, 4) is 0 Å². The molecule has 3 amide bonds. The summed E-state index contributed by atoms with van der Waals surface area (Å²) < 4.78 is 1.40. The molecule has 8 heteroatoms. The van der Waals surface area contributed by atoms with E-state index in [-0.39, 0.29) is 11.1 Å². The number of amides is 3. The summed E-state index contributed by atoms with van der Waals surface area (Å²) in [5.74, 6) is -1.98. The van der Waals surface area contributed by atoms with Crippen LogP contribution in [-0.4, -0.2) is 23.0 Å². The van der Waals surface area contributed by atoms with Gasteiger partial charge in [-0.25, -0.2) is 9.59 Å². The minimum Gasteiger partial charge on any atom is -0.478 e. The summed E-state index contributed by atoms with van der Waals surface area (Å²) in [6.45, 7) is 2.63. The van der Waals surface area contributed by atoms with Crippen molar-refractivity contribution in [3.63, 3.8) is 0 Å². The van der Waals surface area contributed by atoms with Crippen LogP contribution in [0.2, 0.25) is 0 Å². The number of carbonyl (C=O) groups excluding carboxylic acids is 2. The fourth-order valence-electron chi connectivity index (χ4n) is 1.27. The van der Waals surface area contributed by atoms with E-state index in [9.17, 15) is 14.4 Å². The van der Waals surface area contributed by atoms with Gasteiger partial charge in [0.25, 0.3) is 5.91 Å². The van der Waals surface area contributed by atoms with Crippen LogP contribution in [0.4, 0.5) is 10.5 Å². The Labute approximate surface area is 137 Å². The van der Waals surface area contributed by atoms with E-state index < -0.39 is 17.9 Å². The number of carboxylic acids is 1. The fourth-order valence-corrected chi connectivity index (χ4v) is 1.98. The summed E-state index contributed by atoms with van der Waals surface area (Å²) in [4.78, 5) is 34.2. The van der Waals surface area contributed by atoms with E-state index in [0.717, 1.165) is 4.47 Å². The number of urea groups is 1. The average molecular weight is 420 g/mol. The summed E-state index contributed by atoms with van der Waals surface area (Å²) in [7, 11) is 0. The normalized spacial score (nSPS) is 11.4.